The number of alkyl carbamates (subject to hydrolysis) is 1. The lowest BCUT2D eigenvalue weighted by Crippen LogP contribution is -2.74. The monoisotopic (exact) mass is 1090 g/mol. The summed E-state index contributed by atoms with van der Waals surface area (Å²) in [6.07, 6.45) is -12.3. The lowest BCUT2D eigenvalue weighted by molar-refractivity contribution is -0.221. The lowest BCUT2D eigenvalue weighted by atomic mass is 9.82. The van der Waals surface area contributed by atoms with Crippen LogP contribution in [-0.4, -0.2) is 149 Å². The number of piperidine rings is 1. The molecule has 25 heteroatoms. The molecule has 0 spiro atoms. The SMILES string of the molecule is COC(=O)N[C@H](C(=O)N[C@@H](Cc1ccc(C#Cc2ccc(N3CC4CC(C3)N4C3COC3)nc2)cc1)[C@@H](O)CN(Cc1c(F)cc(-c2ccccn2)cc1F)NC(=O)[C@@H](NC(=O)O)C(C)(C)C(F)(F)F)C(C)(C)C(F)(F)F. The number of amides is 4. The van der Waals surface area contributed by atoms with Crippen molar-refractivity contribution in [3.8, 4) is 23.1 Å². The molecule has 4 aromatic rings. The number of hydrogen-bond donors (Lipinski definition) is 6. The van der Waals surface area contributed by atoms with Crippen molar-refractivity contribution in [2.24, 2.45) is 10.8 Å². The first kappa shape index (κ1) is 57.6. The van der Waals surface area contributed by atoms with E-state index in [4.69, 9.17) is 4.74 Å². The first-order valence-electron chi connectivity index (χ1n) is 24.2. The number of methoxy groups -OCH3 is 1. The number of hydrazine groups is 1. The van der Waals surface area contributed by atoms with Crippen LogP contribution in [0.4, 0.5) is 50.5 Å². The summed E-state index contributed by atoms with van der Waals surface area (Å²) >= 11 is 0. The molecule has 414 valence electrons. The molecule has 77 heavy (non-hydrogen) atoms. The smallest absolute Gasteiger partial charge is 0.407 e. The summed E-state index contributed by atoms with van der Waals surface area (Å²) < 4.78 is 128. The number of aliphatic hydroxyl groups excluding tert-OH is 1. The van der Waals surface area contributed by atoms with Crippen molar-refractivity contribution in [1.82, 2.24) is 41.3 Å². The average molecular weight is 1090 g/mol. The Bertz CT molecular complexity index is 2790. The number of carbonyl (C=O) groups is 4. The molecule has 17 nitrogen and oxygen atoms in total. The highest BCUT2D eigenvalue weighted by Crippen LogP contribution is 2.42. The Morgan fingerprint density at radius 2 is 1.40 bits per heavy atom. The van der Waals surface area contributed by atoms with Crippen molar-refractivity contribution < 1.29 is 74.0 Å². The summed E-state index contributed by atoms with van der Waals surface area (Å²) in [5, 5.41) is 27.8. The zero-order chi connectivity index (χ0) is 56.2. The molecule has 8 rings (SSSR count). The van der Waals surface area contributed by atoms with Crippen LogP contribution >= 0.6 is 0 Å². The number of carboxylic acid groups (broad SMARTS) is 1. The standard InChI is InChI=1S/C52H57F8N9O8/c1-49(2,51(55,56)57)43(65-48(75)76-5)45(71)63-40(18-30-12-9-29(10-13-30)11-14-31-15-16-42(62-22-31)67-23-33-21-34(24-67)69(33)35-27-77-28-35)41(70)26-68(66-46(72)44(64-47(73)74)50(3,4)52(58,59)60)25-36-37(53)19-32(20-38(36)54)39-8-6-7-17-61-39/h6-10,12-13,15-17,19-20,22,33-35,40-41,43-44,64,70H,18,21,23-28H2,1-5H3,(H,63,71)(H,65,75)(H,66,72)(H,73,74)/t33?,34?,40-,41-,43+,44+/m0/s1. The number of hydrogen-bond acceptors (Lipinski definition) is 12. The first-order valence-corrected chi connectivity index (χ1v) is 24.2. The van der Waals surface area contributed by atoms with Gasteiger partial charge in [-0.25, -0.2) is 28.4 Å². The van der Waals surface area contributed by atoms with Gasteiger partial charge in [-0.1, -0.05) is 30.0 Å². The molecule has 0 aliphatic carbocycles. The van der Waals surface area contributed by atoms with Gasteiger partial charge in [0.2, 0.25) is 5.91 Å². The van der Waals surface area contributed by atoms with E-state index in [0.717, 1.165) is 57.8 Å². The number of nitrogens with one attached hydrogen (secondary N) is 4. The van der Waals surface area contributed by atoms with Crippen LogP contribution < -0.4 is 26.3 Å². The van der Waals surface area contributed by atoms with Gasteiger partial charge in [0, 0.05) is 72.9 Å². The molecule has 6 heterocycles. The summed E-state index contributed by atoms with van der Waals surface area (Å²) in [4.78, 5) is 65.5. The molecule has 6 N–H and O–H groups in total. The van der Waals surface area contributed by atoms with Gasteiger partial charge in [-0.15, -0.1) is 0 Å². The Morgan fingerprint density at radius 1 is 0.805 bits per heavy atom. The molecule has 4 fully saturated rings. The third-order valence-electron chi connectivity index (χ3n) is 14.2. The second-order valence-corrected chi connectivity index (χ2v) is 20.2. The molecular weight excluding hydrogens is 1030 g/mol. The number of halogens is 8. The molecule has 2 aromatic carbocycles. The number of aliphatic hydroxyl groups is 1. The van der Waals surface area contributed by atoms with Crippen molar-refractivity contribution in [3.05, 3.63) is 113 Å². The van der Waals surface area contributed by atoms with E-state index in [-0.39, 0.29) is 11.3 Å². The Labute approximate surface area is 437 Å². The fourth-order valence-electron chi connectivity index (χ4n) is 9.26. The topological polar surface area (TPSA) is 211 Å². The molecule has 6 atom stereocenters. The molecule has 0 saturated carbocycles. The van der Waals surface area contributed by atoms with Crippen LogP contribution in [0.2, 0.25) is 0 Å². The van der Waals surface area contributed by atoms with Gasteiger partial charge in [0.1, 0.15) is 29.5 Å². The van der Waals surface area contributed by atoms with Crippen molar-refractivity contribution in [1.29, 1.82) is 0 Å². The van der Waals surface area contributed by atoms with E-state index in [1.807, 2.05) is 22.9 Å². The summed E-state index contributed by atoms with van der Waals surface area (Å²) in [6, 6.07) is 10.7. The number of anilines is 1. The highest BCUT2D eigenvalue weighted by molar-refractivity contribution is 5.87. The largest absolute Gasteiger partial charge is 0.465 e. The Hall–Kier alpha value is -7.14. The normalized spacial score (nSPS) is 18.6. The minimum atomic E-state index is -5.23. The van der Waals surface area contributed by atoms with Crippen molar-refractivity contribution >= 4 is 29.8 Å². The second-order valence-electron chi connectivity index (χ2n) is 20.2. The van der Waals surface area contributed by atoms with E-state index in [1.54, 1.807) is 30.5 Å². The van der Waals surface area contributed by atoms with Crippen LogP contribution in [0.3, 0.4) is 0 Å². The maximum Gasteiger partial charge on any atom is 0.407 e. The minimum absolute atomic E-state index is 0.0448. The fourth-order valence-corrected chi connectivity index (χ4v) is 9.26. The second kappa shape index (κ2) is 23.2. The number of aromatic nitrogens is 2. The van der Waals surface area contributed by atoms with Gasteiger partial charge in [-0.05, 0) is 94.6 Å². The number of benzene rings is 2. The Morgan fingerprint density at radius 3 is 1.92 bits per heavy atom. The van der Waals surface area contributed by atoms with Crippen LogP contribution in [-0.2, 0) is 32.0 Å². The van der Waals surface area contributed by atoms with Crippen LogP contribution in [0.1, 0.15) is 56.4 Å². The van der Waals surface area contributed by atoms with Gasteiger partial charge < -0.3 is 40.5 Å². The van der Waals surface area contributed by atoms with Gasteiger partial charge in [-0.2, -0.15) is 26.3 Å². The third kappa shape index (κ3) is 13.3. The average Bonchev–Trinajstić information content (AvgIpc) is 3.37. The Kier molecular flexibility index (Phi) is 17.4. The number of fused-ring (bicyclic) bond motifs is 2. The fraction of sp³-hybridized carbons (Fsp3) is 0.462. The molecule has 4 aliphatic rings. The molecular formula is C52H57F8N9O8. The van der Waals surface area contributed by atoms with Crippen LogP contribution in [0.25, 0.3) is 11.3 Å². The van der Waals surface area contributed by atoms with E-state index in [2.05, 4.69) is 41.7 Å². The van der Waals surface area contributed by atoms with E-state index in [9.17, 15) is 55.7 Å². The number of rotatable bonds is 18. The zero-order valence-electron chi connectivity index (χ0n) is 42.3. The van der Waals surface area contributed by atoms with E-state index in [1.165, 1.54) is 29.7 Å². The van der Waals surface area contributed by atoms with Gasteiger partial charge >= 0.3 is 24.5 Å². The van der Waals surface area contributed by atoms with E-state index >= 15 is 8.78 Å². The number of alkyl halides is 6. The maximum atomic E-state index is 16.0. The predicted molar refractivity (Wildman–Crippen MR) is 261 cm³/mol. The minimum Gasteiger partial charge on any atom is -0.465 e. The van der Waals surface area contributed by atoms with Gasteiger partial charge in [0.25, 0.3) is 5.91 Å². The first-order chi connectivity index (χ1) is 36.2. The van der Waals surface area contributed by atoms with Crippen molar-refractivity contribution in [2.45, 2.75) is 102 Å². The van der Waals surface area contributed by atoms with Crippen molar-refractivity contribution in [3.63, 3.8) is 0 Å². The number of piperazine rings is 1. The highest BCUT2D eigenvalue weighted by Gasteiger charge is 2.57. The summed E-state index contributed by atoms with van der Waals surface area (Å²) in [7, 11) is 0.836. The van der Waals surface area contributed by atoms with Crippen LogP contribution in [0.5, 0.6) is 0 Å². The predicted octanol–water partition coefficient (Wildman–Crippen LogP) is 5.94. The quantitative estimate of drug-likeness (QED) is 0.0388. The van der Waals surface area contributed by atoms with Gasteiger partial charge in [0.15, 0.2) is 0 Å². The summed E-state index contributed by atoms with van der Waals surface area (Å²) in [5.41, 5.74) is -3.47. The molecule has 2 aromatic heterocycles. The maximum absolute atomic E-state index is 16.0. The lowest BCUT2D eigenvalue weighted by Gasteiger charge is -2.60. The number of nitrogens with zero attached hydrogens (tertiary/aromatic N) is 5. The van der Waals surface area contributed by atoms with E-state index < -0.39 is 108 Å². The third-order valence-corrected chi connectivity index (χ3v) is 14.2. The molecule has 0 radical (unpaired) electrons. The van der Waals surface area contributed by atoms with Crippen molar-refractivity contribution in [2.75, 3.05) is 44.9 Å². The summed E-state index contributed by atoms with van der Waals surface area (Å²) in [5.74, 6) is 1.13. The number of carbonyl (C=O) groups excluding carboxylic acids is 3. The Balaban J connectivity index is 1.17. The van der Waals surface area contributed by atoms with Gasteiger partial charge in [-0.3, -0.25) is 24.9 Å². The van der Waals surface area contributed by atoms with Gasteiger partial charge in [0.05, 0.1) is 55.0 Å². The van der Waals surface area contributed by atoms with E-state index in [0.29, 0.717) is 67.5 Å². The number of ether oxygens (including phenoxy) is 2. The molecule has 4 saturated heterocycles. The zero-order valence-corrected chi connectivity index (χ0v) is 42.3. The highest BCUT2D eigenvalue weighted by atomic mass is 19.4. The molecule has 2 unspecified atom stereocenters. The molecule has 2 bridgehead atoms. The molecule has 4 amide bonds. The number of pyridine rings is 2. The summed E-state index contributed by atoms with van der Waals surface area (Å²) in [6.45, 7) is 3.34. The molecule has 4 aliphatic heterocycles. The van der Waals surface area contributed by atoms with Crippen LogP contribution in [0.15, 0.2) is 79.1 Å². The van der Waals surface area contributed by atoms with Crippen LogP contribution in [0, 0.1) is 34.3 Å².